The lowest BCUT2D eigenvalue weighted by molar-refractivity contribution is -0.127. The fourth-order valence-corrected chi connectivity index (χ4v) is 2.76. The van der Waals surface area contributed by atoms with E-state index >= 15 is 0 Å². The van der Waals surface area contributed by atoms with Crippen LogP contribution in [0.5, 0.6) is 11.5 Å². The van der Waals surface area contributed by atoms with E-state index in [0.29, 0.717) is 6.42 Å². The summed E-state index contributed by atoms with van der Waals surface area (Å²) in [5.74, 6) is 1.82. The molecule has 2 aliphatic heterocycles. The van der Waals surface area contributed by atoms with E-state index in [1.54, 1.807) is 0 Å². The number of rotatable bonds is 3. The van der Waals surface area contributed by atoms with E-state index in [2.05, 4.69) is 12.6 Å². The monoisotopic (exact) mass is 265 g/mol. The molecule has 1 atom stereocenters. The van der Waals surface area contributed by atoms with Crippen LogP contribution >= 0.6 is 12.6 Å². The summed E-state index contributed by atoms with van der Waals surface area (Å²) in [6, 6.07) is 5.87. The van der Waals surface area contributed by atoms with Crippen molar-refractivity contribution in [3.8, 4) is 11.5 Å². The van der Waals surface area contributed by atoms with Crippen LogP contribution in [0.15, 0.2) is 18.2 Å². The van der Waals surface area contributed by atoms with E-state index in [9.17, 15) is 4.79 Å². The maximum absolute atomic E-state index is 11.7. The van der Waals surface area contributed by atoms with E-state index in [-0.39, 0.29) is 18.0 Å². The molecule has 0 spiro atoms. The average Bonchev–Trinajstić information content (AvgIpc) is 2.93. The van der Waals surface area contributed by atoms with Crippen molar-refractivity contribution in [3.63, 3.8) is 0 Å². The molecule has 1 amide bonds. The Morgan fingerprint density at radius 3 is 3.06 bits per heavy atom. The maximum atomic E-state index is 11.7. The lowest BCUT2D eigenvalue weighted by Crippen LogP contribution is -2.27. The second-order valence-corrected chi connectivity index (χ2v) is 5.33. The van der Waals surface area contributed by atoms with Gasteiger partial charge >= 0.3 is 0 Å². The van der Waals surface area contributed by atoms with Gasteiger partial charge in [0, 0.05) is 24.8 Å². The van der Waals surface area contributed by atoms with Gasteiger partial charge in [0.2, 0.25) is 12.7 Å². The topological polar surface area (TPSA) is 38.8 Å². The van der Waals surface area contributed by atoms with E-state index in [0.717, 1.165) is 36.6 Å². The predicted molar refractivity (Wildman–Crippen MR) is 70.2 cm³/mol. The van der Waals surface area contributed by atoms with Gasteiger partial charge in [-0.15, -0.1) is 0 Å². The molecule has 0 saturated carbocycles. The molecule has 0 radical (unpaired) electrons. The Labute approximate surface area is 111 Å². The van der Waals surface area contributed by atoms with Crippen LogP contribution in [0.4, 0.5) is 0 Å². The van der Waals surface area contributed by atoms with Crippen LogP contribution in [0.1, 0.15) is 12.0 Å². The Bertz CT molecular complexity index is 477. The smallest absolute Gasteiger partial charge is 0.231 e. The Balaban J connectivity index is 1.67. The quantitative estimate of drug-likeness (QED) is 0.842. The molecule has 5 heteroatoms. The van der Waals surface area contributed by atoms with Gasteiger partial charge in [0.1, 0.15) is 0 Å². The number of ether oxygens (including phenoxy) is 2. The number of nitrogens with zero attached hydrogens (tertiary/aromatic N) is 1. The van der Waals surface area contributed by atoms with Crippen LogP contribution < -0.4 is 9.47 Å². The zero-order chi connectivity index (χ0) is 12.5. The first-order chi connectivity index (χ1) is 8.74. The number of hydrogen-bond donors (Lipinski definition) is 1. The minimum Gasteiger partial charge on any atom is -0.454 e. The maximum Gasteiger partial charge on any atom is 0.231 e. The third-order valence-electron chi connectivity index (χ3n) is 3.32. The van der Waals surface area contributed by atoms with Gasteiger partial charge in [-0.3, -0.25) is 4.79 Å². The van der Waals surface area contributed by atoms with Crippen LogP contribution in [-0.2, 0) is 11.2 Å². The van der Waals surface area contributed by atoms with Gasteiger partial charge in [0.15, 0.2) is 11.5 Å². The summed E-state index contributed by atoms with van der Waals surface area (Å²) in [6.07, 6.45) is 1.34. The summed E-state index contributed by atoms with van der Waals surface area (Å²) in [5.41, 5.74) is 1.10. The second-order valence-electron chi connectivity index (χ2n) is 4.60. The summed E-state index contributed by atoms with van der Waals surface area (Å²) in [6.45, 7) is 1.75. The molecular weight excluding hydrogens is 250 g/mol. The number of likely N-dealkylation sites (tertiary alicyclic amines) is 1. The van der Waals surface area contributed by atoms with Crippen LogP contribution in [0.2, 0.25) is 0 Å². The molecule has 1 saturated heterocycles. The molecule has 2 heterocycles. The zero-order valence-corrected chi connectivity index (χ0v) is 10.9. The molecule has 96 valence electrons. The lowest BCUT2D eigenvalue weighted by atomic mass is 10.1. The molecule has 0 aliphatic carbocycles. The highest BCUT2D eigenvalue weighted by Crippen LogP contribution is 2.35. The van der Waals surface area contributed by atoms with E-state index in [4.69, 9.17) is 9.47 Å². The highest BCUT2D eigenvalue weighted by atomic mass is 32.1. The van der Waals surface area contributed by atoms with Gasteiger partial charge in [-0.25, -0.2) is 0 Å². The molecule has 0 aromatic heterocycles. The zero-order valence-electron chi connectivity index (χ0n) is 9.96. The second kappa shape index (κ2) is 4.72. The minimum atomic E-state index is 0.179. The van der Waals surface area contributed by atoms with Crippen molar-refractivity contribution in [2.24, 2.45) is 0 Å². The SMILES string of the molecule is O=C1CC(S)CN1CCc1cccc2c1OCO2. The third kappa shape index (κ3) is 2.14. The van der Waals surface area contributed by atoms with E-state index in [1.165, 1.54) is 0 Å². The third-order valence-corrected chi connectivity index (χ3v) is 3.67. The molecular formula is C13H15NO3S. The van der Waals surface area contributed by atoms with Crippen molar-refractivity contribution in [3.05, 3.63) is 23.8 Å². The summed E-state index contributed by atoms with van der Waals surface area (Å²) in [7, 11) is 0. The van der Waals surface area contributed by atoms with Crippen molar-refractivity contribution in [2.45, 2.75) is 18.1 Å². The van der Waals surface area contributed by atoms with Crippen molar-refractivity contribution < 1.29 is 14.3 Å². The van der Waals surface area contributed by atoms with Gasteiger partial charge in [-0.05, 0) is 18.1 Å². The number of carbonyl (C=O) groups excluding carboxylic acids is 1. The highest BCUT2D eigenvalue weighted by Gasteiger charge is 2.27. The largest absolute Gasteiger partial charge is 0.454 e. The van der Waals surface area contributed by atoms with E-state index < -0.39 is 0 Å². The van der Waals surface area contributed by atoms with Gasteiger partial charge in [0.25, 0.3) is 0 Å². The summed E-state index contributed by atoms with van der Waals surface area (Å²) >= 11 is 4.35. The van der Waals surface area contributed by atoms with Crippen LogP contribution in [0, 0.1) is 0 Å². The van der Waals surface area contributed by atoms with Crippen LogP contribution in [0.3, 0.4) is 0 Å². The van der Waals surface area contributed by atoms with Gasteiger partial charge in [0.05, 0.1) is 0 Å². The molecule has 1 fully saturated rings. The van der Waals surface area contributed by atoms with Gasteiger partial charge in [-0.1, -0.05) is 12.1 Å². The van der Waals surface area contributed by atoms with E-state index in [1.807, 2.05) is 23.1 Å². The fourth-order valence-electron chi connectivity index (χ4n) is 2.41. The Kier molecular flexibility index (Phi) is 3.07. The number of thiol groups is 1. The number of benzene rings is 1. The van der Waals surface area contributed by atoms with Crippen LogP contribution in [-0.4, -0.2) is 35.9 Å². The first-order valence-corrected chi connectivity index (χ1v) is 6.59. The lowest BCUT2D eigenvalue weighted by Gasteiger charge is -2.16. The van der Waals surface area contributed by atoms with Gasteiger partial charge in [-0.2, -0.15) is 12.6 Å². The number of fused-ring (bicyclic) bond motifs is 1. The number of amides is 1. The number of para-hydroxylation sites is 1. The van der Waals surface area contributed by atoms with Crippen LogP contribution in [0.25, 0.3) is 0 Å². The first kappa shape index (κ1) is 11.7. The molecule has 3 rings (SSSR count). The first-order valence-electron chi connectivity index (χ1n) is 6.07. The Morgan fingerprint density at radius 1 is 1.39 bits per heavy atom. The molecule has 0 bridgehead atoms. The predicted octanol–water partition coefficient (Wildman–Crippen LogP) is 1.49. The Hall–Kier alpha value is -1.36. The van der Waals surface area contributed by atoms with Crippen molar-refractivity contribution in [1.29, 1.82) is 0 Å². The van der Waals surface area contributed by atoms with Crippen molar-refractivity contribution in [2.75, 3.05) is 19.9 Å². The molecule has 1 aromatic rings. The normalized spacial score (nSPS) is 21.7. The molecule has 1 unspecified atom stereocenters. The Morgan fingerprint density at radius 2 is 2.28 bits per heavy atom. The molecule has 18 heavy (non-hydrogen) atoms. The minimum absolute atomic E-state index is 0.179. The molecule has 1 aromatic carbocycles. The number of carbonyl (C=O) groups is 1. The van der Waals surface area contributed by atoms with Gasteiger partial charge < -0.3 is 14.4 Å². The summed E-state index contributed by atoms with van der Waals surface area (Å²) in [5, 5.41) is 0.179. The summed E-state index contributed by atoms with van der Waals surface area (Å²) < 4.78 is 10.8. The number of hydrogen-bond acceptors (Lipinski definition) is 4. The molecule has 0 N–H and O–H groups in total. The molecule has 2 aliphatic rings. The fraction of sp³-hybridized carbons (Fsp3) is 0.462. The van der Waals surface area contributed by atoms with Crippen molar-refractivity contribution in [1.82, 2.24) is 4.90 Å². The highest BCUT2D eigenvalue weighted by molar-refractivity contribution is 7.81. The average molecular weight is 265 g/mol. The molecule has 4 nitrogen and oxygen atoms in total. The van der Waals surface area contributed by atoms with Crippen molar-refractivity contribution >= 4 is 18.5 Å². The summed E-state index contributed by atoms with van der Waals surface area (Å²) in [4.78, 5) is 13.5. The standard InChI is InChI=1S/C13H15NO3S/c15-12-6-10(18)7-14(12)5-4-9-2-1-3-11-13(9)17-8-16-11/h1-3,10,18H,4-8H2.